The maximum absolute atomic E-state index is 11.5. The standard InChI is InChI=1S/C26H28O2/c1-20(27)22-14-16-23(17-15-22)26(2,3)18-8-10-21-9-7-13-25(19-21)28-24-11-5-4-6-12-24/h4-7,9,11-17,19H,8,10,18H2,1-3H3. The number of carbonyl (C=O) groups is 1. The molecule has 0 N–H and O–H groups in total. The second kappa shape index (κ2) is 8.88. The van der Waals surface area contributed by atoms with Gasteiger partial charge in [0.1, 0.15) is 11.5 Å². The van der Waals surface area contributed by atoms with Crippen molar-refractivity contribution < 1.29 is 9.53 Å². The second-order valence-electron chi connectivity index (χ2n) is 7.93. The van der Waals surface area contributed by atoms with Gasteiger partial charge in [0, 0.05) is 5.56 Å². The molecule has 0 heterocycles. The van der Waals surface area contributed by atoms with Crippen molar-refractivity contribution in [1.29, 1.82) is 0 Å². The van der Waals surface area contributed by atoms with Crippen LogP contribution < -0.4 is 4.74 Å². The highest BCUT2D eigenvalue weighted by Crippen LogP contribution is 2.30. The van der Waals surface area contributed by atoms with Gasteiger partial charge < -0.3 is 4.74 Å². The topological polar surface area (TPSA) is 26.3 Å². The summed E-state index contributed by atoms with van der Waals surface area (Å²) in [5, 5.41) is 0. The number of Topliss-reactive ketones (excluding diaryl/α,β-unsaturated/α-hetero) is 1. The van der Waals surface area contributed by atoms with Gasteiger partial charge in [-0.05, 0) is 67.0 Å². The van der Waals surface area contributed by atoms with Crippen molar-refractivity contribution in [2.45, 2.75) is 45.4 Å². The fraction of sp³-hybridized carbons (Fsp3) is 0.269. The minimum absolute atomic E-state index is 0.0769. The Balaban J connectivity index is 1.58. The number of carbonyl (C=O) groups excluding carboxylic acids is 1. The van der Waals surface area contributed by atoms with E-state index in [9.17, 15) is 4.79 Å². The van der Waals surface area contributed by atoms with E-state index in [0.717, 1.165) is 36.3 Å². The Morgan fingerprint density at radius 2 is 1.54 bits per heavy atom. The summed E-state index contributed by atoms with van der Waals surface area (Å²) >= 11 is 0. The molecule has 0 radical (unpaired) electrons. The normalized spacial score (nSPS) is 11.2. The lowest BCUT2D eigenvalue weighted by Crippen LogP contribution is -2.17. The molecular formula is C26H28O2. The van der Waals surface area contributed by atoms with Crippen molar-refractivity contribution in [1.82, 2.24) is 0 Å². The molecule has 0 saturated heterocycles. The number of ketones is 1. The monoisotopic (exact) mass is 372 g/mol. The Labute approximate surface area is 168 Å². The van der Waals surface area contributed by atoms with Crippen LogP contribution in [0, 0.1) is 0 Å². The molecule has 2 nitrogen and oxygen atoms in total. The quantitative estimate of drug-likeness (QED) is 0.399. The van der Waals surface area contributed by atoms with Crippen molar-refractivity contribution >= 4 is 5.78 Å². The van der Waals surface area contributed by atoms with Crippen LogP contribution in [0.4, 0.5) is 0 Å². The minimum Gasteiger partial charge on any atom is -0.457 e. The molecule has 0 spiro atoms. The molecular weight excluding hydrogens is 344 g/mol. The number of para-hydroxylation sites is 1. The van der Waals surface area contributed by atoms with Crippen molar-refractivity contribution in [3.05, 3.63) is 95.6 Å². The van der Waals surface area contributed by atoms with Crippen LogP contribution in [0.3, 0.4) is 0 Å². The summed E-state index contributed by atoms with van der Waals surface area (Å²) < 4.78 is 5.94. The van der Waals surface area contributed by atoms with Gasteiger partial charge in [-0.15, -0.1) is 0 Å². The van der Waals surface area contributed by atoms with Gasteiger partial charge in [-0.25, -0.2) is 0 Å². The molecule has 0 aliphatic rings. The smallest absolute Gasteiger partial charge is 0.159 e. The van der Waals surface area contributed by atoms with Gasteiger partial charge in [0.2, 0.25) is 0 Å². The summed E-state index contributed by atoms with van der Waals surface area (Å²) in [6.07, 6.45) is 3.19. The van der Waals surface area contributed by atoms with Crippen molar-refractivity contribution in [3.8, 4) is 11.5 Å². The lowest BCUT2D eigenvalue weighted by atomic mass is 9.79. The maximum atomic E-state index is 11.5. The average molecular weight is 373 g/mol. The number of benzene rings is 3. The van der Waals surface area contributed by atoms with Crippen LogP contribution in [0.25, 0.3) is 0 Å². The van der Waals surface area contributed by atoms with Crippen LogP contribution in [0.15, 0.2) is 78.9 Å². The average Bonchev–Trinajstić information content (AvgIpc) is 2.69. The summed E-state index contributed by atoms with van der Waals surface area (Å²) in [6, 6.07) is 26.3. The molecule has 3 aromatic carbocycles. The van der Waals surface area contributed by atoms with E-state index in [1.165, 1.54) is 11.1 Å². The SMILES string of the molecule is CC(=O)c1ccc(C(C)(C)CCCc2cccc(Oc3ccccc3)c2)cc1. The minimum atomic E-state index is 0.0769. The fourth-order valence-electron chi connectivity index (χ4n) is 3.42. The van der Waals surface area contributed by atoms with Gasteiger partial charge in [-0.1, -0.05) is 68.4 Å². The summed E-state index contributed by atoms with van der Waals surface area (Å²) in [4.78, 5) is 11.5. The van der Waals surface area contributed by atoms with E-state index in [2.05, 4.69) is 44.2 Å². The Kier molecular flexibility index (Phi) is 6.30. The molecule has 2 heteroatoms. The third-order valence-corrected chi connectivity index (χ3v) is 5.22. The maximum Gasteiger partial charge on any atom is 0.159 e. The second-order valence-corrected chi connectivity index (χ2v) is 7.93. The molecule has 0 atom stereocenters. The van der Waals surface area contributed by atoms with Gasteiger partial charge in [-0.3, -0.25) is 4.79 Å². The van der Waals surface area contributed by atoms with Gasteiger partial charge >= 0.3 is 0 Å². The molecule has 0 aliphatic heterocycles. The lowest BCUT2D eigenvalue weighted by Gasteiger charge is -2.25. The highest BCUT2D eigenvalue weighted by atomic mass is 16.5. The molecule has 3 aromatic rings. The van der Waals surface area contributed by atoms with Crippen LogP contribution in [0.1, 0.15) is 55.1 Å². The number of rotatable bonds is 8. The Morgan fingerprint density at radius 1 is 0.857 bits per heavy atom. The van der Waals surface area contributed by atoms with E-state index < -0.39 is 0 Å². The first-order chi connectivity index (χ1) is 13.4. The van der Waals surface area contributed by atoms with Crippen LogP contribution in [0.5, 0.6) is 11.5 Å². The number of hydrogen-bond acceptors (Lipinski definition) is 2. The molecule has 3 rings (SSSR count). The van der Waals surface area contributed by atoms with Gasteiger partial charge in [0.05, 0.1) is 0 Å². The molecule has 144 valence electrons. The molecule has 0 aliphatic carbocycles. The van der Waals surface area contributed by atoms with E-state index in [-0.39, 0.29) is 11.2 Å². The first-order valence-electron chi connectivity index (χ1n) is 9.87. The highest BCUT2D eigenvalue weighted by Gasteiger charge is 2.20. The number of ether oxygens (including phenoxy) is 1. The molecule has 0 unspecified atom stereocenters. The zero-order chi connectivity index (χ0) is 20.0. The molecule has 0 fully saturated rings. The van der Waals surface area contributed by atoms with E-state index >= 15 is 0 Å². The summed E-state index contributed by atoms with van der Waals surface area (Å²) in [7, 11) is 0. The van der Waals surface area contributed by atoms with E-state index in [4.69, 9.17) is 4.74 Å². The molecule has 0 aromatic heterocycles. The largest absolute Gasteiger partial charge is 0.457 e. The molecule has 0 saturated carbocycles. The summed E-state index contributed by atoms with van der Waals surface area (Å²) in [5.74, 6) is 1.85. The van der Waals surface area contributed by atoms with Crippen LogP contribution in [-0.4, -0.2) is 5.78 Å². The van der Waals surface area contributed by atoms with Crippen molar-refractivity contribution in [3.63, 3.8) is 0 Å². The third-order valence-electron chi connectivity index (χ3n) is 5.22. The molecule has 0 amide bonds. The first kappa shape index (κ1) is 19.9. The first-order valence-corrected chi connectivity index (χ1v) is 9.87. The van der Waals surface area contributed by atoms with Crippen molar-refractivity contribution in [2.75, 3.05) is 0 Å². The van der Waals surface area contributed by atoms with E-state index in [0.29, 0.717) is 0 Å². The van der Waals surface area contributed by atoms with Crippen molar-refractivity contribution in [2.24, 2.45) is 0 Å². The lowest BCUT2D eigenvalue weighted by molar-refractivity contribution is 0.101. The van der Waals surface area contributed by atoms with E-state index in [1.807, 2.05) is 48.5 Å². The van der Waals surface area contributed by atoms with Gasteiger partial charge in [-0.2, -0.15) is 0 Å². The van der Waals surface area contributed by atoms with E-state index in [1.54, 1.807) is 6.92 Å². The Bertz CT molecular complexity index is 909. The number of hydrogen-bond donors (Lipinski definition) is 0. The predicted octanol–water partition coefficient (Wildman–Crippen LogP) is 6.98. The zero-order valence-electron chi connectivity index (χ0n) is 16.9. The Morgan fingerprint density at radius 3 is 2.21 bits per heavy atom. The Hall–Kier alpha value is -2.87. The third kappa shape index (κ3) is 5.32. The predicted molar refractivity (Wildman–Crippen MR) is 115 cm³/mol. The van der Waals surface area contributed by atoms with Crippen LogP contribution in [0.2, 0.25) is 0 Å². The number of aryl methyl sites for hydroxylation is 1. The van der Waals surface area contributed by atoms with Gasteiger partial charge in [0.15, 0.2) is 5.78 Å². The fourth-order valence-corrected chi connectivity index (χ4v) is 3.42. The summed E-state index contributed by atoms with van der Waals surface area (Å²) in [5.41, 5.74) is 3.41. The molecule has 0 bridgehead atoms. The zero-order valence-corrected chi connectivity index (χ0v) is 16.9. The van der Waals surface area contributed by atoms with Gasteiger partial charge in [0.25, 0.3) is 0 Å². The summed E-state index contributed by atoms with van der Waals surface area (Å²) in [6.45, 7) is 6.14. The van der Waals surface area contributed by atoms with Crippen LogP contribution in [-0.2, 0) is 11.8 Å². The van der Waals surface area contributed by atoms with Crippen LogP contribution >= 0.6 is 0 Å². The molecule has 28 heavy (non-hydrogen) atoms. The highest BCUT2D eigenvalue weighted by molar-refractivity contribution is 5.94.